The van der Waals surface area contributed by atoms with Gasteiger partial charge in [-0.2, -0.15) is 0 Å². The van der Waals surface area contributed by atoms with E-state index < -0.39 is 11.9 Å². The number of ketones is 1. The molecule has 0 aliphatic carbocycles. The van der Waals surface area contributed by atoms with Gasteiger partial charge in [-0.1, -0.05) is 29.3 Å². The van der Waals surface area contributed by atoms with Gasteiger partial charge >= 0.3 is 29.6 Å². The minimum Gasteiger partial charge on any atom is -0.549 e. The van der Waals surface area contributed by atoms with E-state index in [2.05, 4.69) is 4.90 Å². The Labute approximate surface area is 247 Å². The molecular weight excluding hydrogens is 524 g/mol. The SMILES string of the molecule is O=C(CC1CCN(c2cccc(Cl)c2)C1)c1ccc(Oc2cc3c(cc2Cl)C(C(=O)[O-])CCO3)cc1.[Na+]. The Morgan fingerprint density at radius 2 is 1.84 bits per heavy atom. The van der Waals surface area contributed by atoms with Crippen LogP contribution in [0.2, 0.25) is 10.0 Å². The number of ether oxygens (including phenoxy) is 2. The predicted octanol–water partition coefficient (Wildman–Crippen LogP) is 2.51. The maximum Gasteiger partial charge on any atom is 1.00 e. The third-order valence-electron chi connectivity index (χ3n) is 6.73. The number of Topliss-reactive ketones (excluding diaryl/α,β-unsaturated/α-hetero) is 1. The Bertz CT molecular complexity index is 1300. The summed E-state index contributed by atoms with van der Waals surface area (Å²) in [5.41, 5.74) is 2.20. The fourth-order valence-electron chi connectivity index (χ4n) is 4.84. The number of carbonyl (C=O) groups excluding carboxylic acids is 2. The molecule has 0 amide bonds. The molecule has 2 heterocycles. The third-order valence-corrected chi connectivity index (χ3v) is 7.26. The molecular formula is C28H24Cl2NNaO5. The second-order valence-electron chi connectivity index (χ2n) is 9.16. The second kappa shape index (κ2) is 12.1. The molecule has 5 rings (SSSR count). The number of hydrogen-bond acceptors (Lipinski definition) is 6. The van der Waals surface area contributed by atoms with Crippen LogP contribution in [0.15, 0.2) is 60.7 Å². The van der Waals surface area contributed by atoms with E-state index in [0.29, 0.717) is 46.2 Å². The molecule has 0 radical (unpaired) electrons. The van der Waals surface area contributed by atoms with Gasteiger partial charge in [-0.05, 0) is 67.3 Å². The van der Waals surface area contributed by atoms with Crippen molar-refractivity contribution in [2.75, 3.05) is 24.6 Å². The first kappa shape index (κ1) is 27.8. The van der Waals surface area contributed by atoms with Gasteiger partial charge in [-0.15, -0.1) is 0 Å². The van der Waals surface area contributed by atoms with Crippen molar-refractivity contribution in [2.45, 2.75) is 25.2 Å². The molecule has 0 saturated carbocycles. The molecule has 0 aromatic heterocycles. The number of halogens is 2. The summed E-state index contributed by atoms with van der Waals surface area (Å²) < 4.78 is 11.5. The molecule has 6 nitrogen and oxygen atoms in total. The van der Waals surface area contributed by atoms with Crippen LogP contribution in [-0.4, -0.2) is 31.4 Å². The zero-order valence-electron chi connectivity index (χ0n) is 20.4. The van der Waals surface area contributed by atoms with E-state index in [1.165, 1.54) is 0 Å². The van der Waals surface area contributed by atoms with Gasteiger partial charge in [0.15, 0.2) is 5.78 Å². The number of carbonyl (C=O) groups is 2. The number of hydrogen-bond donors (Lipinski definition) is 0. The van der Waals surface area contributed by atoms with E-state index in [-0.39, 0.29) is 52.9 Å². The molecule has 2 unspecified atom stereocenters. The van der Waals surface area contributed by atoms with Crippen LogP contribution in [0.25, 0.3) is 0 Å². The number of carboxylic acids is 1. The molecule has 1 fully saturated rings. The number of aliphatic carboxylic acids is 1. The van der Waals surface area contributed by atoms with Gasteiger partial charge in [0.2, 0.25) is 0 Å². The number of fused-ring (bicyclic) bond motifs is 1. The monoisotopic (exact) mass is 547 g/mol. The fourth-order valence-corrected chi connectivity index (χ4v) is 5.23. The Morgan fingerprint density at radius 1 is 1.05 bits per heavy atom. The first-order chi connectivity index (χ1) is 17.4. The first-order valence-corrected chi connectivity index (χ1v) is 12.6. The van der Waals surface area contributed by atoms with Gasteiger partial charge < -0.3 is 24.3 Å². The average Bonchev–Trinajstić information content (AvgIpc) is 3.33. The maximum atomic E-state index is 12.9. The van der Waals surface area contributed by atoms with Gasteiger partial charge in [-0.3, -0.25) is 4.79 Å². The molecule has 0 spiro atoms. The van der Waals surface area contributed by atoms with Crippen molar-refractivity contribution in [3.8, 4) is 17.2 Å². The van der Waals surface area contributed by atoms with Gasteiger partial charge in [-0.25, -0.2) is 0 Å². The summed E-state index contributed by atoms with van der Waals surface area (Å²) in [6.45, 7) is 2.01. The maximum absolute atomic E-state index is 12.9. The van der Waals surface area contributed by atoms with Crippen molar-refractivity contribution in [1.29, 1.82) is 0 Å². The molecule has 9 heteroatoms. The number of anilines is 1. The standard InChI is InChI=1S/C28H25Cl2NO5.Na/c29-19-2-1-3-20(13-19)31-10-8-17(16-31)12-25(32)18-4-6-21(7-5-18)36-27-15-26-23(14-24(27)30)22(28(33)34)9-11-35-26;/h1-7,13-15,17,22H,8-12,16H2,(H,33,34);/q;+1/p-1. The van der Waals surface area contributed by atoms with Crippen molar-refractivity contribution in [1.82, 2.24) is 0 Å². The average molecular weight is 548 g/mol. The Balaban J connectivity index is 0.00000320. The number of carboxylic acid groups (broad SMARTS) is 1. The summed E-state index contributed by atoms with van der Waals surface area (Å²) in [5, 5.41) is 12.4. The van der Waals surface area contributed by atoms with E-state index in [0.717, 1.165) is 25.2 Å². The van der Waals surface area contributed by atoms with E-state index >= 15 is 0 Å². The molecule has 37 heavy (non-hydrogen) atoms. The van der Waals surface area contributed by atoms with Gasteiger partial charge in [0.1, 0.15) is 17.2 Å². The summed E-state index contributed by atoms with van der Waals surface area (Å²) in [7, 11) is 0. The molecule has 3 aromatic carbocycles. The largest absolute Gasteiger partial charge is 1.00 e. The topological polar surface area (TPSA) is 78.9 Å². The van der Waals surface area contributed by atoms with Crippen molar-refractivity contribution >= 4 is 40.6 Å². The van der Waals surface area contributed by atoms with E-state index in [4.69, 9.17) is 32.7 Å². The summed E-state index contributed by atoms with van der Waals surface area (Å²) in [4.78, 5) is 26.6. The minimum atomic E-state index is -1.15. The first-order valence-electron chi connectivity index (χ1n) is 11.9. The summed E-state index contributed by atoms with van der Waals surface area (Å²) in [6, 6.07) is 17.9. The van der Waals surface area contributed by atoms with Crippen LogP contribution in [0.5, 0.6) is 17.2 Å². The number of benzene rings is 3. The van der Waals surface area contributed by atoms with Crippen molar-refractivity contribution < 1.29 is 53.7 Å². The van der Waals surface area contributed by atoms with Crippen LogP contribution in [-0.2, 0) is 4.79 Å². The van der Waals surface area contributed by atoms with Crippen LogP contribution in [0.4, 0.5) is 5.69 Å². The van der Waals surface area contributed by atoms with Gasteiger partial charge in [0, 0.05) is 59.3 Å². The van der Waals surface area contributed by atoms with Gasteiger partial charge in [0.25, 0.3) is 0 Å². The van der Waals surface area contributed by atoms with Crippen LogP contribution in [0.1, 0.15) is 41.1 Å². The van der Waals surface area contributed by atoms with E-state index in [9.17, 15) is 14.7 Å². The molecule has 2 aliphatic heterocycles. The Morgan fingerprint density at radius 3 is 2.57 bits per heavy atom. The Kier molecular flexibility index (Phi) is 9.09. The van der Waals surface area contributed by atoms with Crippen LogP contribution < -0.4 is 49.0 Å². The van der Waals surface area contributed by atoms with Crippen molar-refractivity contribution in [3.63, 3.8) is 0 Å². The number of rotatable bonds is 7. The van der Waals surface area contributed by atoms with Crippen LogP contribution >= 0.6 is 23.2 Å². The number of nitrogens with zero attached hydrogens (tertiary/aromatic N) is 1. The molecule has 3 aromatic rings. The summed E-state index contributed by atoms with van der Waals surface area (Å²) in [6.07, 6.45) is 1.77. The van der Waals surface area contributed by atoms with Crippen molar-refractivity contribution in [2.24, 2.45) is 5.92 Å². The van der Waals surface area contributed by atoms with E-state index in [1.807, 2.05) is 24.3 Å². The molecule has 2 atom stereocenters. The second-order valence-corrected chi connectivity index (χ2v) is 10.0. The normalized spacial score (nSPS) is 18.4. The summed E-state index contributed by atoms with van der Waals surface area (Å²) >= 11 is 12.5. The predicted molar refractivity (Wildman–Crippen MR) is 137 cm³/mol. The molecule has 1 saturated heterocycles. The molecule has 0 bridgehead atoms. The van der Waals surface area contributed by atoms with Gasteiger partial charge in [0.05, 0.1) is 11.6 Å². The zero-order valence-corrected chi connectivity index (χ0v) is 23.9. The smallest absolute Gasteiger partial charge is 0.549 e. The molecule has 2 aliphatic rings. The quantitative estimate of drug-likeness (QED) is 0.334. The summed E-state index contributed by atoms with van der Waals surface area (Å²) in [5.74, 6) is -0.263. The fraction of sp³-hybridized carbons (Fsp3) is 0.286. The molecule has 0 N–H and O–H groups in total. The molecule has 186 valence electrons. The van der Waals surface area contributed by atoms with Crippen LogP contribution in [0.3, 0.4) is 0 Å². The minimum absolute atomic E-state index is 0. The van der Waals surface area contributed by atoms with E-state index in [1.54, 1.807) is 36.4 Å². The zero-order chi connectivity index (χ0) is 25.2. The third kappa shape index (κ3) is 6.44. The van der Waals surface area contributed by atoms with Crippen LogP contribution in [0, 0.1) is 5.92 Å². The van der Waals surface area contributed by atoms with Crippen molar-refractivity contribution in [3.05, 3.63) is 81.8 Å². The Hall–Kier alpha value is -2.22.